The molecule has 4 rings (SSSR count). The molecule has 1 N–H and O–H groups in total. The highest BCUT2D eigenvalue weighted by atomic mass is 32.2. The fourth-order valence-electron chi connectivity index (χ4n) is 3.55. The Labute approximate surface area is 194 Å². The molecule has 172 valence electrons. The average Bonchev–Trinajstić information content (AvgIpc) is 3.59. The molecule has 1 saturated carbocycles. The average molecular weight is 466 g/mol. The monoisotopic (exact) mass is 465 g/mol. The molecule has 3 aromatic rings. The minimum Gasteiger partial charge on any atom is -0.354 e. The molecule has 7 nitrogen and oxygen atoms in total. The number of anilines is 2. The Morgan fingerprint density at radius 3 is 2.52 bits per heavy atom. The summed E-state index contributed by atoms with van der Waals surface area (Å²) in [4.78, 5) is 12.3. The number of rotatable bonds is 8. The molecule has 2 aromatic carbocycles. The first-order valence-electron chi connectivity index (χ1n) is 10.9. The van der Waals surface area contributed by atoms with Crippen LogP contribution >= 0.6 is 0 Å². The summed E-state index contributed by atoms with van der Waals surface area (Å²) in [6.07, 6.45) is 5.34. The maximum absolute atomic E-state index is 13.2. The molecule has 0 saturated heterocycles. The number of carbonyl (C=O) groups excluding carboxylic acids is 1. The van der Waals surface area contributed by atoms with Gasteiger partial charge in [0, 0.05) is 12.5 Å². The Morgan fingerprint density at radius 1 is 1.15 bits per heavy atom. The Bertz CT molecular complexity index is 1290. The van der Waals surface area contributed by atoms with E-state index in [1.165, 1.54) is 4.31 Å². The van der Waals surface area contributed by atoms with Crippen molar-refractivity contribution in [3.8, 4) is 0 Å². The van der Waals surface area contributed by atoms with Crippen LogP contribution in [0.1, 0.15) is 42.3 Å². The van der Waals surface area contributed by atoms with E-state index in [0.717, 1.165) is 24.0 Å². The molecule has 1 aromatic heterocycles. The lowest BCUT2D eigenvalue weighted by molar-refractivity contribution is -0.117. The van der Waals surface area contributed by atoms with Gasteiger partial charge in [-0.2, -0.15) is 0 Å². The van der Waals surface area contributed by atoms with E-state index in [1.54, 1.807) is 49.4 Å². The van der Waals surface area contributed by atoms with Gasteiger partial charge in [0.25, 0.3) is 10.0 Å². The molecule has 33 heavy (non-hydrogen) atoms. The number of aryl methyl sites for hydroxylation is 2. The third-order valence-corrected chi connectivity index (χ3v) is 7.47. The van der Waals surface area contributed by atoms with Gasteiger partial charge in [0.15, 0.2) is 5.76 Å². The van der Waals surface area contributed by atoms with Crippen LogP contribution in [0.5, 0.6) is 0 Å². The van der Waals surface area contributed by atoms with Crippen LogP contribution < -0.4 is 9.62 Å². The maximum Gasteiger partial charge on any atom is 0.264 e. The van der Waals surface area contributed by atoms with Crippen molar-refractivity contribution in [2.75, 3.05) is 16.2 Å². The fourth-order valence-corrected chi connectivity index (χ4v) is 5.01. The van der Waals surface area contributed by atoms with E-state index >= 15 is 0 Å². The highest BCUT2D eigenvalue weighted by Gasteiger charge is 2.31. The van der Waals surface area contributed by atoms with Crippen LogP contribution in [0.25, 0.3) is 12.2 Å². The lowest BCUT2D eigenvalue weighted by Crippen LogP contribution is -2.30. The second-order valence-electron chi connectivity index (χ2n) is 8.18. The minimum absolute atomic E-state index is 0.0143. The summed E-state index contributed by atoms with van der Waals surface area (Å²) in [5, 5.41) is 6.84. The van der Waals surface area contributed by atoms with Gasteiger partial charge in [-0.15, -0.1) is 0 Å². The van der Waals surface area contributed by atoms with Crippen LogP contribution in [0, 0.1) is 19.8 Å². The van der Waals surface area contributed by atoms with E-state index in [1.807, 2.05) is 32.0 Å². The zero-order valence-electron chi connectivity index (χ0n) is 18.9. The maximum atomic E-state index is 13.2. The number of aromatic nitrogens is 1. The van der Waals surface area contributed by atoms with Gasteiger partial charge in [-0.25, -0.2) is 8.42 Å². The van der Waals surface area contributed by atoms with E-state index in [2.05, 4.69) is 10.5 Å². The highest BCUT2D eigenvalue weighted by Crippen LogP contribution is 2.32. The molecule has 0 radical (unpaired) electrons. The van der Waals surface area contributed by atoms with Gasteiger partial charge in [0.05, 0.1) is 10.6 Å². The van der Waals surface area contributed by atoms with Crippen molar-refractivity contribution in [3.63, 3.8) is 0 Å². The smallest absolute Gasteiger partial charge is 0.264 e. The zero-order valence-corrected chi connectivity index (χ0v) is 19.7. The van der Waals surface area contributed by atoms with Crippen molar-refractivity contribution in [1.29, 1.82) is 0 Å². The quantitative estimate of drug-likeness (QED) is 0.504. The van der Waals surface area contributed by atoms with Crippen molar-refractivity contribution in [3.05, 3.63) is 71.1 Å². The lowest BCUT2D eigenvalue weighted by atomic mass is 10.2. The Balaban J connectivity index is 1.53. The molecule has 0 unspecified atom stereocenters. The van der Waals surface area contributed by atoms with Gasteiger partial charge in [0.2, 0.25) is 5.91 Å². The van der Waals surface area contributed by atoms with Gasteiger partial charge >= 0.3 is 0 Å². The molecule has 1 aliphatic carbocycles. The fraction of sp³-hybridized carbons (Fsp3) is 0.280. The van der Waals surface area contributed by atoms with Crippen LogP contribution in [0.2, 0.25) is 0 Å². The van der Waals surface area contributed by atoms with E-state index in [-0.39, 0.29) is 16.7 Å². The second kappa shape index (κ2) is 9.23. The summed E-state index contributed by atoms with van der Waals surface area (Å²) in [6.45, 7) is 5.85. The summed E-state index contributed by atoms with van der Waals surface area (Å²) in [5.74, 6) is 0.516. The lowest BCUT2D eigenvalue weighted by Gasteiger charge is -2.23. The first-order valence-corrected chi connectivity index (χ1v) is 12.4. The molecule has 1 heterocycles. The summed E-state index contributed by atoms with van der Waals surface area (Å²) in [5.41, 5.74) is 3.61. The Hall–Kier alpha value is -3.39. The number of nitrogens with one attached hydrogen (secondary N) is 1. The van der Waals surface area contributed by atoms with Crippen molar-refractivity contribution in [2.24, 2.45) is 5.92 Å². The second-order valence-corrected chi connectivity index (χ2v) is 10.0. The van der Waals surface area contributed by atoms with E-state index in [4.69, 9.17) is 4.52 Å². The van der Waals surface area contributed by atoms with Crippen LogP contribution in [-0.4, -0.2) is 26.0 Å². The van der Waals surface area contributed by atoms with Crippen LogP contribution in [0.4, 0.5) is 11.4 Å². The molecule has 0 aliphatic heterocycles. The number of nitrogens with zero attached hydrogens (tertiary/aromatic N) is 2. The number of carbonyl (C=O) groups is 1. The van der Waals surface area contributed by atoms with Crippen molar-refractivity contribution >= 4 is 39.5 Å². The summed E-state index contributed by atoms with van der Waals surface area (Å²) in [7, 11) is -3.69. The molecule has 0 atom stereocenters. The minimum atomic E-state index is -3.69. The number of hydrogen-bond donors (Lipinski definition) is 1. The molecule has 1 amide bonds. The van der Waals surface area contributed by atoms with Gasteiger partial charge in [-0.3, -0.25) is 9.10 Å². The summed E-state index contributed by atoms with van der Waals surface area (Å²) >= 11 is 0. The molecule has 0 bridgehead atoms. The standard InChI is InChI=1S/C25H27N3O4S/c1-4-28(21-7-5-6-17(2)16-21)33(30,31)22-13-8-19(9-14-22)10-15-23-24(18(3)27-32-23)26-25(29)20-11-12-20/h5-10,13-16,20H,4,11-12H2,1-3H3,(H,26,29)/b15-10-. The number of hydrogen-bond acceptors (Lipinski definition) is 5. The van der Waals surface area contributed by atoms with Crippen molar-refractivity contribution < 1.29 is 17.7 Å². The number of amides is 1. The topological polar surface area (TPSA) is 92.5 Å². The van der Waals surface area contributed by atoms with Gasteiger partial charge in [-0.1, -0.05) is 35.5 Å². The summed E-state index contributed by atoms with van der Waals surface area (Å²) in [6, 6.07) is 14.1. The first-order chi connectivity index (χ1) is 15.8. The third-order valence-electron chi connectivity index (χ3n) is 5.56. The van der Waals surface area contributed by atoms with Crippen molar-refractivity contribution in [2.45, 2.75) is 38.5 Å². The van der Waals surface area contributed by atoms with Gasteiger partial charge in [-0.05, 0) is 75.1 Å². The first kappa shape index (κ1) is 22.8. The highest BCUT2D eigenvalue weighted by molar-refractivity contribution is 7.92. The number of sulfonamides is 1. The molecule has 1 fully saturated rings. The van der Waals surface area contributed by atoms with Crippen molar-refractivity contribution in [1.82, 2.24) is 5.16 Å². The number of benzene rings is 2. The molecule has 1 aliphatic rings. The zero-order chi connectivity index (χ0) is 23.6. The van der Waals surface area contributed by atoms with E-state index in [9.17, 15) is 13.2 Å². The van der Waals surface area contributed by atoms with Crippen LogP contribution in [-0.2, 0) is 14.8 Å². The predicted molar refractivity (Wildman–Crippen MR) is 129 cm³/mol. The molecule has 8 heteroatoms. The third kappa shape index (κ3) is 5.01. The Kier molecular flexibility index (Phi) is 6.37. The SMILES string of the molecule is CCN(c1cccc(C)c1)S(=O)(=O)c1ccc(/C=C\c2onc(C)c2NC(=O)C2CC2)cc1. The molecule has 0 spiro atoms. The molecular formula is C25H27N3O4S. The largest absolute Gasteiger partial charge is 0.354 e. The normalized spacial score (nSPS) is 13.9. The predicted octanol–water partition coefficient (Wildman–Crippen LogP) is 5.03. The van der Waals surface area contributed by atoms with Crippen LogP contribution in [0.15, 0.2) is 57.9 Å². The van der Waals surface area contributed by atoms with Gasteiger partial charge in [0.1, 0.15) is 11.4 Å². The van der Waals surface area contributed by atoms with Crippen LogP contribution in [0.3, 0.4) is 0 Å². The van der Waals surface area contributed by atoms with E-state index in [0.29, 0.717) is 29.4 Å². The summed E-state index contributed by atoms with van der Waals surface area (Å²) < 4.78 is 33.2. The van der Waals surface area contributed by atoms with Gasteiger partial charge < -0.3 is 9.84 Å². The Morgan fingerprint density at radius 2 is 1.88 bits per heavy atom. The molecular weight excluding hydrogens is 438 g/mol. The van der Waals surface area contributed by atoms with E-state index < -0.39 is 10.0 Å².